The topological polar surface area (TPSA) is 35.5 Å². The lowest BCUT2D eigenvalue weighted by molar-refractivity contribution is -0.156. The fourth-order valence-corrected chi connectivity index (χ4v) is 2.15. The summed E-state index contributed by atoms with van der Waals surface area (Å²) in [5.41, 5.74) is 0.696. The zero-order valence-electron chi connectivity index (χ0n) is 11.4. The number of carbonyl (C=O) groups is 1. The fraction of sp³-hybridized carbons (Fsp3) is 0.533. The number of hydrogen-bond donors (Lipinski definition) is 0. The second kappa shape index (κ2) is 4.63. The first-order chi connectivity index (χ1) is 8.42. The van der Waals surface area contributed by atoms with Crippen LogP contribution in [0.25, 0.3) is 0 Å². The fourth-order valence-electron chi connectivity index (χ4n) is 2.15. The Balaban J connectivity index is 2.05. The van der Waals surface area contributed by atoms with Crippen LogP contribution >= 0.6 is 0 Å². The SMILES string of the molecule is COc1ccccc1[C@@H]1C[C@H]1C(=O)OC(C)(C)C. The molecule has 0 unspecified atom stereocenters. The molecule has 3 nitrogen and oxygen atoms in total. The predicted molar refractivity (Wildman–Crippen MR) is 69.7 cm³/mol. The summed E-state index contributed by atoms with van der Waals surface area (Å²) in [5, 5.41) is 0. The average molecular weight is 248 g/mol. The molecule has 18 heavy (non-hydrogen) atoms. The van der Waals surface area contributed by atoms with Gasteiger partial charge in [0.2, 0.25) is 0 Å². The first-order valence-electron chi connectivity index (χ1n) is 6.28. The van der Waals surface area contributed by atoms with Crippen molar-refractivity contribution < 1.29 is 14.3 Å². The molecule has 1 aromatic rings. The Bertz CT molecular complexity index is 445. The van der Waals surface area contributed by atoms with Gasteiger partial charge in [-0.05, 0) is 38.8 Å². The van der Waals surface area contributed by atoms with Crippen molar-refractivity contribution in [2.45, 2.75) is 38.7 Å². The van der Waals surface area contributed by atoms with Crippen LogP contribution in [0.15, 0.2) is 24.3 Å². The molecule has 0 aromatic heterocycles. The largest absolute Gasteiger partial charge is 0.496 e. The highest BCUT2D eigenvalue weighted by Crippen LogP contribution is 2.51. The molecular formula is C15H20O3. The smallest absolute Gasteiger partial charge is 0.310 e. The van der Waals surface area contributed by atoms with Crippen molar-refractivity contribution in [2.75, 3.05) is 7.11 Å². The molecule has 1 aliphatic rings. The summed E-state index contributed by atoms with van der Waals surface area (Å²) in [7, 11) is 1.66. The molecule has 0 heterocycles. The minimum absolute atomic E-state index is 0.0134. The third-order valence-corrected chi connectivity index (χ3v) is 3.04. The Kier molecular flexibility index (Phi) is 3.33. The summed E-state index contributed by atoms with van der Waals surface area (Å²) in [4.78, 5) is 11.9. The molecule has 1 aliphatic carbocycles. The lowest BCUT2D eigenvalue weighted by atomic mass is 10.1. The average Bonchev–Trinajstić information content (AvgIpc) is 3.06. The van der Waals surface area contributed by atoms with Gasteiger partial charge in [-0.1, -0.05) is 18.2 Å². The molecule has 0 bridgehead atoms. The van der Waals surface area contributed by atoms with Crippen LogP contribution in [0.5, 0.6) is 5.75 Å². The van der Waals surface area contributed by atoms with Gasteiger partial charge in [0.05, 0.1) is 13.0 Å². The van der Waals surface area contributed by atoms with E-state index in [1.807, 2.05) is 45.0 Å². The van der Waals surface area contributed by atoms with Gasteiger partial charge in [0.15, 0.2) is 0 Å². The zero-order chi connectivity index (χ0) is 13.3. The molecule has 1 aromatic carbocycles. The Morgan fingerprint density at radius 1 is 1.28 bits per heavy atom. The van der Waals surface area contributed by atoms with Crippen molar-refractivity contribution >= 4 is 5.97 Å². The molecular weight excluding hydrogens is 228 g/mol. The Morgan fingerprint density at radius 3 is 2.56 bits per heavy atom. The molecule has 1 saturated carbocycles. The number of rotatable bonds is 3. The molecule has 1 fully saturated rings. The first-order valence-corrected chi connectivity index (χ1v) is 6.28. The van der Waals surface area contributed by atoms with Crippen LogP contribution < -0.4 is 4.74 Å². The van der Waals surface area contributed by atoms with Gasteiger partial charge in [0.25, 0.3) is 0 Å². The van der Waals surface area contributed by atoms with Crippen molar-refractivity contribution in [3.05, 3.63) is 29.8 Å². The number of hydrogen-bond acceptors (Lipinski definition) is 3. The van der Waals surface area contributed by atoms with Crippen LogP contribution in [0.3, 0.4) is 0 Å². The van der Waals surface area contributed by atoms with Crippen molar-refractivity contribution in [2.24, 2.45) is 5.92 Å². The summed E-state index contributed by atoms with van der Waals surface area (Å²) in [5.74, 6) is 0.989. The van der Waals surface area contributed by atoms with Gasteiger partial charge in [-0.2, -0.15) is 0 Å². The van der Waals surface area contributed by atoms with E-state index in [1.54, 1.807) is 7.11 Å². The third kappa shape index (κ3) is 2.84. The number of methoxy groups -OCH3 is 1. The van der Waals surface area contributed by atoms with Crippen LogP contribution in [-0.2, 0) is 9.53 Å². The minimum atomic E-state index is -0.412. The standard InChI is InChI=1S/C15H20O3/c1-15(2,3)18-14(16)12-9-11(12)10-7-5-6-8-13(10)17-4/h5-8,11-12H,9H2,1-4H3/t11-,12+/m0/s1. The second-order valence-electron chi connectivity index (χ2n) is 5.72. The highest BCUT2D eigenvalue weighted by atomic mass is 16.6. The highest BCUT2D eigenvalue weighted by molar-refractivity contribution is 5.78. The van der Waals surface area contributed by atoms with E-state index in [0.29, 0.717) is 0 Å². The van der Waals surface area contributed by atoms with Gasteiger partial charge in [-0.15, -0.1) is 0 Å². The van der Waals surface area contributed by atoms with Crippen LogP contribution in [0.2, 0.25) is 0 Å². The van der Waals surface area contributed by atoms with Crippen LogP contribution in [-0.4, -0.2) is 18.7 Å². The Labute approximate surface area is 108 Å². The maximum Gasteiger partial charge on any atom is 0.310 e. The second-order valence-corrected chi connectivity index (χ2v) is 5.72. The van der Waals surface area contributed by atoms with Gasteiger partial charge in [0.1, 0.15) is 11.4 Å². The molecule has 2 rings (SSSR count). The van der Waals surface area contributed by atoms with E-state index in [0.717, 1.165) is 17.7 Å². The van der Waals surface area contributed by atoms with Crippen LogP contribution in [0.1, 0.15) is 38.7 Å². The van der Waals surface area contributed by atoms with Gasteiger partial charge in [-0.25, -0.2) is 0 Å². The van der Waals surface area contributed by atoms with Crippen LogP contribution in [0, 0.1) is 5.92 Å². The number of benzene rings is 1. The maximum absolute atomic E-state index is 11.9. The number of para-hydroxylation sites is 1. The van der Waals surface area contributed by atoms with Crippen molar-refractivity contribution in [3.63, 3.8) is 0 Å². The van der Waals surface area contributed by atoms with Crippen LogP contribution in [0.4, 0.5) is 0 Å². The molecule has 0 spiro atoms. The lowest BCUT2D eigenvalue weighted by Crippen LogP contribution is -2.25. The Morgan fingerprint density at radius 2 is 1.94 bits per heavy atom. The highest BCUT2D eigenvalue weighted by Gasteiger charge is 2.47. The predicted octanol–water partition coefficient (Wildman–Crippen LogP) is 3.14. The van der Waals surface area contributed by atoms with E-state index in [1.165, 1.54) is 0 Å². The summed E-state index contributed by atoms with van der Waals surface area (Å²) in [6.45, 7) is 5.68. The molecule has 0 amide bonds. The van der Waals surface area contributed by atoms with Gasteiger partial charge < -0.3 is 9.47 Å². The summed E-state index contributed by atoms with van der Waals surface area (Å²) >= 11 is 0. The van der Waals surface area contributed by atoms with E-state index in [-0.39, 0.29) is 17.8 Å². The van der Waals surface area contributed by atoms with Gasteiger partial charge in [-0.3, -0.25) is 4.79 Å². The third-order valence-electron chi connectivity index (χ3n) is 3.04. The van der Waals surface area contributed by atoms with E-state index in [2.05, 4.69) is 0 Å². The van der Waals surface area contributed by atoms with E-state index in [9.17, 15) is 4.79 Å². The molecule has 0 N–H and O–H groups in total. The molecule has 98 valence electrons. The first kappa shape index (κ1) is 12.9. The molecule has 0 saturated heterocycles. The van der Waals surface area contributed by atoms with Crippen molar-refractivity contribution in [3.8, 4) is 5.75 Å². The molecule has 2 atom stereocenters. The zero-order valence-corrected chi connectivity index (χ0v) is 11.4. The number of esters is 1. The monoisotopic (exact) mass is 248 g/mol. The maximum atomic E-state index is 11.9. The Hall–Kier alpha value is -1.51. The van der Waals surface area contributed by atoms with E-state index in [4.69, 9.17) is 9.47 Å². The molecule has 3 heteroatoms. The minimum Gasteiger partial charge on any atom is -0.496 e. The van der Waals surface area contributed by atoms with E-state index >= 15 is 0 Å². The quantitative estimate of drug-likeness (QED) is 0.771. The summed E-state index contributed by atoms with van der Waals surface area (Å²) in [6.07, 6.45) is 0.856. The summed E-state index contributed by atoms with van der Waals surface area (Å²) < 4.78 is 10.7. The lowest BCUT2D eigenvalue weighted by Gasteiger charge is -2.19. The van der Waals surface area contributed by atoms with Crippen molar-refractivity contribution in [1.29, 1.82) is 0 Å². The number of ether oxygens (including phenoxy) is 2. The van der Waals surface area contributed by atoms with Gasteiger partial charge in [0, 0.05) is 5.92 Å². The number of carbonyl (C=O) groups excluding carboxylic acids is 1. The van der Waals surface area contributed by atoms with Gasteiger partial charge >= 0.3 is 5.97 Å². The van der Waals surface area contributed by atoms with Crippen molar-refractivity contribution in [1.82, 2.24) is 0 Å². The van der Waals surface area contributed by atoms with E-state index < -0.39 is 5.60 Å². The molecule has 0 radical (unpaired) electrons. The molecule has 0 aliphatic heterocycles. The summed E-state index contributed by atoms with van der Waals surface area (Å²) in [6, 6.07) is 7.86. The normalized spacial score (nSPS) is 22.4.